The third-order valence-corrected chi connectivity index (χ3v) is 2.59. The molecule has 2 N–H and O–H groups in total. The number of imidazole rings is 1. The third-order valence-electron chi connectivity index (χ3n) is 2.59. The normalized spacial score (nSPS) is 12.4. The third kappa shape index (κ3) is 1.71. The van der Waals surface area contributed by atoms with E-state index in [0.717, 1.165) is 0 Å². The van der Waals surface area contributed by atoms with Crippen LogP contribution >= 0.6 is 0 Å². The standard InChI is InChI=1S/C10H13N5O3/c1-5(9(16)18-3)15-7-6(14-10(15)11)8(17-2)13-4-12-7/h4-5H,1-3H3,(H2,11,14). The van der Waals surface area contributed by atoms with Gasteiger partial charge in [-0.1, -0.05) is 0 Å². The van der Waals surface area contributed by atoms with Gasteiger partial charge in [-0.05, 0) is 6.92 Å². The highest BCUT2D eigenvalue weighted by molar-refractivity contribution is 5.83. The number of methoxy groups -OCH3 is 2. The number of nitrogens with two attached hydrogens (primary N) is 1. The van der Waals surface area contributed by atoms with Crippen LogP contribution in [0.25, 0.3) is 11.2 Å². The molecule has 0 bridgehead atoms. The van der Waals surface area contributed by atoms with Gasteiger partial charge in [0.25, 0.3) is 0 Å². The van der Waals surface area contributed by atoms with Gasteiger partial charge in [0.1, 0.15) is 12.4 Å². The molecular formula is C10H13N5O3. The Labute approximate surface area is 103 Å². The topological polar surface area (TPSA) is 105 Å². The van der Waals surface area contributed by atoms with Gasteiger partial charge in [-0.2, -0.15) is 4.98 Å². The fourth-order valence-electron chi connectivity index (χ4n) is 1.71. The van der Waals surface area contributed by atoms with Gasteiger partial charge in [-0.3, -0.25) is 4.57 Å². The Balaban J connectivity index is 2.64. The molecule has 0 aliphatic heterocycles. The summed E-state index contributed by atoms with van der Waals surface area (Å²) in [4.78, 5) is 23.7. The minimum atomic E-state index is -0.625. The molecule has 0 radical (unpaired) electrons. The van der Waals surface area contributed by atoms with Crippen LogP contribution < -0.4 is 10.5 Å². The fourth-order valence-corrected chi connectivity index (χ4v) is 1.71. The van der Waals surface area contributed by atoms with E-state index >= 15 is 0 Å². The van der Waals surface area contributed by atoms with Crippen LogP contribution in [0.2, 0.25) is 0 Å². The lowest BCUT2D eigenvalue weighted by Crippen LogP contribution is -2.19. The van der Waals surface area contributed by atoms with Gasteiger partial charge in [0.05, 0.1) is 14.2 Å². The van der Waals surface area contributed by atoms with Gasteiger partial charge >= 0.3 is 5.97 Å². The molecule has 18 heavy (non-hydrogen) atoms. The average molecular weight is 251 g/mol. The second-order valence-electron chi connectivity index (χ2n) is 3.59. The first kappa shape index (κ1) is 12.1. The van der Waals surface area contributed by atoms with E-state index in [9.17, 15) is 4.79 Å². The second-order valence-corrected chi connectivity index (χ2v) is 3.59. The van der Waals surface area contributed by atoms with Gasteiger partial charge in [0, 0.05) is 0 Å². The van der Waals surface area contributed by atoms with E-state index in [2.05, 4.69) is 19.7 Å². The maximum Gasteiger partial charge on any atom is 0.328 e. The van der Waals surface area contributed by atoms with E-state index in [1.165, 1.54) is 25.1 Å². The van der Waals surface area contributed by atoms with E-state index in [-0.39, 0.29) is 5.95 Å². The number of nitrogen functional groups attached to an aromatic ring is 1. The summed E-state index contributed by atoms with van der Waals surface area (Å²) in [6, 6.07) is -0.625. The molecule has 8 nitrogen and oxygen atoms in total. The number of nitrogens with zero attached hydrogens (tertiary/aromatic N) is 4. The summed E-state index contributed by atoms with van der Waals surface area (Å²) in [6.07, 6.45) is 1.32. The number of rotatable bonds is 3. The van der Waals surface area contributed by atoms with Crippen molar-refractivity contribution in [2.24, 2.45) is 0 Å². The van der Waals surface area contributed by atoms with Crippen LogP contribution in [0.5, 0.6) is 5.88 Å². The first-order valence-corrected chi connectivity index (χ1v) is 5.20. The molecule has 0 aromatic carbocycles. The highest BCUT2D eigenvalue weighted by atomic mass is 16.5. The quantitative estimate of drug-likeness (QED) is 0.774. The van der Waals surface area contributed by atoms with Crippen molar-refractivity contribution in [1.29, 1.82) is 0 Å². The molecule has 0 aliphatic carbocycles. The van der Waals surface area contributed by atoms with Crippen molar-refractivity contribution in [1.82, 2.24) is 19.5 Å². The predicted molar refractivity (Wildman–Crippen MR) is 63.0 cm³/mol. The van der Waals surface area contributed by atoms with Crippen molar-refractivity contribution in [3.05, 3.63) is 6.33 Å². The van der Waals surface area contributed by atoms with Gasteiger partial charge in [-0.25, -0.2) is 14.8 Å². The molecule has 2 aromatic rings. The Morgan fingerprint density at radius 3 is 2.78 bits per heavy atom. The van der Waals surface area contributed by atoms with E-state index in [4.69, 9.17) is 10.5 Å². The zero-order chi connectivity index (χ0) is 13.3. The van der Waals surface area contributed by atoms with Crippen LogP contribution in [-0.4, -0.2) is 39.7 Å². The van der Waals surface area contributed by atoms with Crippen molar-refractivity contribution in [2.75, 3.05) is 20.0 Å². The zero-order valence-electron chi connectivity index (χ0n) is 10.2. The molecule has 0 aliphatic rings. The van der Waals surface area contributed by atoms with Crippen molar-refractivity contribution in [2.45, 2.75) is 13.0 Å². The summed E-state index contributed by atoms with van der Waals surface area (Å²) in [6.45, 7) is 1.65. The fraction of sp³-hybridized carbons (Fsp3) is 0.400. The van der Waals surface area contributed by atoms with Crippen molar-refractivity contribution in [3.63, 3.8) is 0 Å². The second kappa shape index (κ2) is 4.47. The maximum absolute atomic E-state index is 11.6. The Morgan fingerprint density at radius 1 is 1.44 bits per heavy atom. The first-order chi connectivity index (χ1) is 8.60. The van der Waals surface area contributed by atoms with Crippen LogP contribution in [0, 0.1) is 0 Å². The number of anilines is 1. The van der Waals surface area contributed by atoms with Crippen LogP contribution in [0.3, 0.4) is 0 Å². The minimum absolute atomic E-state index is 0.154. The molecule has 2 rings (SSSR count). The lowest BCUT2D eigenvalue weighted by molar-refractivity contribution is -0.143. The molecule has 0 spiro atoms. The zero-order valence-corrected chi connectivity index (χ0v) is 10.2. The SMILES string of the molecule is COC(=O)C(C)n1c(N)nc2c(OC)ncnc21. The number of hydrogen-bond acceptors (Lipinski definition) is 7. The molecule has 2 aromatic heterocycles. The Kier molecular flexibility index (Phi) is 3.00. The summed E-state index contributed by atoms with van der Waals surface area (Å²) < 4.78 is 11.2. The number of carbonyl (C=O) groups is 1. The van der Waals surface area contributed by atoms with E-state index in [0.29, 0.717) is 17.0 Å². The lowest BCUT2D eigenvalue weighted by Gasteiger charge is -2.12. The van der Waals surface area contributed by atoms with Crippen molar-refractivity contribution >= 4 is 23.1 Å². The van der Waals surface area contributed by atoms with Crippen LogP contribution in [-0.2, 0) is 9.53 Å². The number of carbonyl (C=O) groups excluding carboxylic acids is 1. The minimum Gasteiger partial charge on any atom is -0.479 e. The summed E-state index contributed by atoms with van der Waals surface area (Å²) >= 11 is 0. The highest BCUT2D eigenvalue weighted by Gasteiger charge is 2.23. The van der Waals surface area contributed by atoms with Crippen molar-refractivity contribution < 1.29 is 14.3 Å². The van der Waals surface area contributed by atoms with Crippen molar-refractivity contribution in [3.8, 4) is 5.88 Å². The molecule has 0 saturated heterocycles. The summed E-state index contributed by atoms with van der Waals surface area (Å²) in [5, 5.41) is 0. The van der Waals surface area contributed by atoms with Crippen LogP contribution in [0.4, 0.5) is 5.95 Å². The average Bonchev–Trinajstić information content (AvgIpc) is 2.72. The molecule has 96 valence electrons. The van der Waals surface area contributed by atoms with Gasteiger partial charge in [0.15, 0.2) is 11.2 Å². The van der Waals surface area contributed by atoms with Gasteiger partial charge in [-0.15, -0.1) is 0 Å². The first-order valence-electron chi connectivity index (χ1n) is 5.20. The lowest BCUT2D eigenvalue weighted by atomic mass is 10.3. The Hall–Kier alpha value is -2.38. The molecule has 0 saturated carbocycles. The number of hydrogen-bond donors (Lipinski definition) is 1. The van der Waals surface area contributed by atoms with Crippen LogP contribution in [0.15, 0.2) is 6.33 Å². The maximum atomic E-state index is 11.6. The molecule has 0 amide bonds. The van der Waals surface area contributed by atoms with Crippen LogP contribution in [0.1, 0.15) is 13.0 Å². The van der Waals surface area contributed by atoms with Gasteiger partial charge in [0.2, 0.25) is 11.8 Å². The Bertz CT molecular complexity index is 594. The number of aromatic nitrogens is 4. The molecule has 1 atom stereocenters. The monoisotopic (exact) mass is 251 g/mol. The van der Waals surface area contributed by atoms with Gasteiger partial charge < -0.3 is 15.2 Å². The van der Waals surface area contributed by atoms with E-state index in [1.807, 2.05) is 0 Å². The summed E-state index contributed by atoms with van der Waals surface area (Å²) in [5.74, 6) is 0.0304. The van der Waals surface area contributed by atoms with E-state index in [1.54, 1.807) is 6.92 Å². The molecule has 1 unspecified atom stereocenters. The summed E-state index contributed by atoms with van der Waals surface area (Å²) in [7, 11) is 2.78. The molecule has 8 heteroatoms. The highest BCUT2D eigenvalue weighted by Crippen LogP contribution is 2.26. The molecular weight excluding hydrogens is 238 g/mol. The number of ether oxygens (including phenoxy) is 2. The number of fused-ring (bicyclic) bond motifs is 1. The largest absolute Gasteiger partial charge is 0.479 e. The smallest absolute Gasteiger partial charge is 0.328 e. The molecule has 0 fully saturated rings. The Morgan fingerprint density at radius 2 is 2.17 bits per heavy atom. The molecule has 2 heterocycles. The number of esters is 1. The van der Waals surface area contributed by atoms with E-state index < -0.39 is 12.0 Å². The summed E-state index contributed by atoms with van der Waals surface area (Å²) in [5.41, 5.74) is 6.63. The predicted octanol–water partition coefficient (Wildman–Crippen LogP) is 0.151.